The molecule has 1 aliphatic rings. The average molecular weight is 401 g/mol. The number of sulfone groups is 1. The molecule has 1 heterocycles. The summed E-state index contributed by atoms with van der Waals surface area (Å²) in [5, 5.41) is 9.17. The first kappa shape index (κ1) is 19.5. The van der Waals surface area contributed by atoms with Crippen LogP contribution in [0.15, 0.2) is 54.6 Å². The van der Waals surface area contributed by atoms with Crippen LogP contribution >= 0.6 is 11.8 Å². The number of hydrogen-bond donors (Lipinski definition) is 0. The molecule has 0 saturated carbocycles. The van der Waals surface area contributed by atoms with Crippen molar-refractivity contribution in [1.82, 2.24) is 0 Å². The molecular weight excluding hydrogens is 380 g/mol. The van der Waals surface area contributed by atoms with E-state index in [1.165, 1.54) is 11.8 Å². The number of nitrogens with zero attached hydrogens (tertiary/aromatic N) is 2. The molecule has 7 heteroatoms. The molecule has 0 bridgehead atoms. The van der Waals surface area contributed by atoms with Crippen LogP contribution in [-0.4, -0.2) is 37.6 Å². The summed E-state index contributed by atoms with van der Waals surface area (Å²) in [6.45, 7) is 0. The number of thioether (sulfide) groups is 1. The van der Waals surface area contributed by atoms with Crippen LogP contribution in [0.3, 0.4) is 0 Å². The second-order valence-electron chi connectivity index (χ2n) is 6.42. The molecule has 0 aromatic heterocycles. The van der Waals surface area contributed by atoms with Gasteiger partial charge in [0.05, 0.1) is 34.9 Å². The molecule has 0 unspecified atom stereocenters. The van der Waals surface area contributed by atoms with Gasteiger partial charge >= 0.3 is 0 Å². The minimum absolute atomic E-state index is 0.00949. The molecule has 5 nitrogen and oxygen atoms in total. The van der Waals surface area contributed by atoms with Gasteiger partial charge in [-0.15, -0.1) is 11.8 Å². The second-order valence-corrected chi connectivity index (χ2v) is 9.63. The minimum atomic E-state index is -3.09. The van der Waals surface area contributed by atoms with Crippen LogP contribution in [0, 0.1) is 11.3 Å². The molecule has 1 aliphatic heterocycles. The Kier molecular flexibility index (Phi) is 6.19. The van der Waals surface area contributed by atoms with E-state index in [1.54, 1.807) is 11.0 Å². The fraction of sp³-hybridized carbons (Fsp3) is 0.300. The van der Waals surface area contributed by atoms with Crippen LogP contribution in [0.5, 0.6) is 0 Å². The van der Waals surface area contributed by atoms with E-state index in [2.05, 4.69) is 6.07 Å². The number of carbonyl (C=O) groups excluding carboxylic acids is 1. The predicted octanol–water partition coefficient (Wildman–Crippen LogP) is 3.01. The molecule has 1 atom stereocenters. The summed E-state index contributed by atoms with van der Waals surface area (Å²) in [5.74, 6) is 0.807. The highest BCUT2D eigenvalue weighted by Gasteiger charge is 2.35. The van der Waals surface area contributed by atoms with E-state index in [4.69, 9.17) is 5.26 Å². The van der Waals surface area contributed by atoms with Crippen LogP contribution in [-0.2, 0) is 20.4 Å². The van der Waals surface area contributed by atoms with Crippen molar-refractivity contribution in [3.63, 3.8) is 0 Å². The molecule has 0 radical (unpaired) electrons. The van der Waals surface area contributed by atoms with Gasteiger partial charge in [0, 0.05) is 11.4 Å². The van der Waals surface area contributed by atoms with Gasteiger partial charge < -0.3 is 4.90 Å². The van der Waals surface area contributed by atoms with Crippen molar-refractivity contribution in [3.8, 4) is 6.07 Å². The maximum atomic E-state index is 12.9. The number of rotatable bonds is 6. The van der Waals surface area contributed by atoms with E-state index < -0.39 is 9.84 Å². The third-order valence-electron chi connectivity index (χ3n) is 4.50. The Morgan fingerprint density at radius 1 is 1.15 bits per heavy atom. The lowest BCUT2D eigenvalue weighted by atomic mass is 10.1. The fourth-order valence-corrected chi connectivity index (χ4v) is 5.79. The first-order valence-electron chi connectivity index (χ1n) is 8.63. The Balaban J connectivity index is 1.71. The summed E-state index contributed by atoms with van der Waals surface area (Å²) >= 11 is 1.43. The van der Waals surface area contributed by atoms with Gasteiger partial charge in [-0.2, -0.15) is 5.26 Å². The van der Waals surface area contributed by atoms with Gasteiger partial charge in [-0.25, -0.2) is 8.42 Å². The zero-order chi connectivity index (χ0) is 19.3. The molecular formula is C20H20N2O3S2. The van der Waals surface area contributed by atoms with Crippen LogP contribution < -0.4 is 4.90 Å². The molecule has 1 fully saturated rings. The molecule has 3 rings (SSSR count). The standard InChI is InChI=1S/C20H20N2O3S2/c21-12-16-6-4-5-7-17(16)13-26-14-20(23)22(18-8-2-1-3-9-18)19-10-11-27(24,25)15-19/h1-9,19H,10-11,13-15H2/t19-/m0/s1. The maximum absolute atomic E-state index is 12.9. The van der Waals surface area contributed by atoms with Gasteiger partial charge in [0.2, 0.25) is 5.91 Å². The largest absolute Gasteiger partial charge is 0.308 e. The maximum Gasteiger partial charge on any atom is 0.237 e. The number of carbonyl (C=O) groups is 1. The molecule has 27 heavy (non-hydrogen) atoms. The Hall–Kier alpha value is -2.30. The molecule has 1 saturated heterocycles. The van der Waals surface area contributed by atoms with Gasteiger partial charge in [-0.3, -0.25) is 4.79 Å². The van der Waals surface area contributed by atoms with Crippen molar-refractivity contribution in [3.05, 3.63) is 65.7 Å². The smallest absolute Gasteiger partial charge is 0.237 e. The van der Waals surface area contributed by atoms with Crippen LogP contribution in [0.1, 0.15) is 17.5 Å². The highest BCUT2D eigenvalue weighted by Crippen LogP contribution is 2.26. The summed E-state index contributed by atoms with van der Waals surface area (Å²) in [6, 6.07) is 18.4. The SMILES string of the molecule is N#Cc1ccccc1CSCC(=O)N(c1ccccc1)[C@H]1CCS(=O)(=O)C1. The van der Waals surface area contributed by atoms with Crippen LogP contribution in [0.4, 0.5) is 5.69 Å². The van der Waals surface area contributed by atoms with Crippen molar-refractivity contribution in [2.24, 2.45) is 0 Å². The number of amides is 1. The normalized spacial score (nSPS) is 18.0. The number of benzene rings is 2. The molecule has 2 aromatic carbocycles. The van der Waals surface area contributed by atoms with E-state index in [-0.39, 0.29) is 29.2 Å². The zero-order valence-electron chi connectivity index (χ0n) is 14.7. The number of nitriles is 1. The summed E-state index contributed by atoms with van der Waals surface area (Å²) in [4.78, 5) is 14.6. The molecule has 0 aliphatic carbocycles. The predicted molar refractivity (Wildman–Crippen MR) is 108 cm³/mol. The first-order chi connectivity index (χ1) is 13.0. The average Bonchev–Trinajstić information content (AvgIpc) is 3.02. The lowest BCUT2D eigenvalue weighted by molar-refractivity contribution is -0.116. The fourth-order valence-electron chi connectivity index (χ4n) is 3.20. The monoisotopic (exact) mass is 400 g/mol. The molecule has 140 valence electrons. The quantitative estimate of drug-likeness (QED) is 0.745. The van der Waals surface area contributed by atoms with E-state index >= 15 is 0 Å². The number of anilines is 1. The van der Waals surface area contributed by atoms with E-state index in [9.17, 15) is 13.2 Å². The van der Waals surface area contributed by atoms with Crippen LogP contribution in [0.2, 0.25) is 0 Å². The molecule has 2 aromatic rings. The lowest BCUT2D eigenvalue weighted by Gasteiger charge is -2.28. The van der Waals surface area contributed by atoms with E-state index in [0.29, 0.717) is 17.7 Å². The summed E-state index contributed by atoms with van der Waals surface area (Å²) in [6.07, 6.45) is 0.463. The third-order valence-corrected chi connectivity index (χ3v) is 7.21. The first-order valence-corrected chi connectivity index (χ1v) is 11.6. The van der Waals surface area contributed by atoms with Gasteiger partial charge in [0.25, 0.3) is 0 Å². The summed E-state index contributed by atoms with van der Waals surface area (Å²) in [5.41, 5.74) is 2.23. The van der Waals surface area contributed by atoms with Gasteiger partial charge in [0.1, 0.15) is 0 Å². The van der Waals surface area contributed by atoms with Crippen molar-refractivity contribution >= 4 is 33.2 Å². The van der Waals surface area contributed by atoms with E-state index in [0.717, 1.165) is 11.3 Å². The van der Waals surface area contributed by atoms with Crippen molar-refractivity contribution in [2.45, 2.75) is 18.2 Å². The zero-order valence-corrected chi connectivity index (χ0v) is 16.4. The molecule has 0 N–H and O–H groups in total. The molecule has 1 amide bonds. The number of para-hydroxylation sites is 1. The highest BCUT2D eigenvalue weighted by molar-refractivity contribution is 7.99. The van der Waals surface area contributed by atoms with E-state index in [1.807, 2.05) is 48.5 Å². The second kappa shape index (κ2) is 8.59. The third kappa shape index (κ3) is 4.90. The lowest BCUT2D eigenvalue weighted by Crippen LogP contribution is -2.42. The van der Waals surface area contributed by atoms with Gasteiger partial charge in [0.15, 0.2) is 9.84 Å². The van der Waals surface area contributed by atoms with Gasteiger partial charge in [-0.05, 0) is 30.2 Å². The van der Waals surface area contributed by atoms with Crippen molar-refractivity contribution < 1.29 is 13.2 Å². The Morgan fingerprint density at radius 3 is 2.52 bits per heavy atom. The van der Waals surface area contributed by atoms with Crippen molar-refractivity contribution in [2.75, 3.05) is 22.2 Å². The summed E-state index contributed by atoms with van der Waals surface area (Å²) < 4.78 is 23.8. The molecule has 0 spiro atoms. The van der Waals surface area contributed by atoms with Crippen molar-refractivity contribution in [1.29, 1.82) is 5.26 Å². The van der Waals surface area contributed by atoms with Crippen LogP contribution in [0.25, 0.3) is 0 Å². The summed E-state index contributed by atoms with van der Waals surface area (Å²) in [7, 11) is -3.09. The Bertz CT molecular complexity index is 953. The Morgan fingerprint density at radius 2 is 1.85 bits per heavy atom. The number of hydrogen-bond acceptors (Lipinski definition) is 5. The van der Waals surface area contributed by atoms with Gasteiger partial charge in [-0.1, -0.05) is 36.4 Å². The minimum Gasteiger partial charge on any atom is -0.308 e. The topological polar surface area (TPSA) is 78.2 Å². The highest BCUT2D eigenvalue weighted by atomic mass is 32.2. The Labute approximate surface area is 163 Å².